The van der Waals surface area contributed by atoms with E-state index in [9.17, 15) is 27.0 Å². The zero-order valence-electron chi connectivity index (χ0n) is 16.8. The molecule has 1 fully saturated rings. The fourth-order valence-corrected chi connectivity index (χ4v) is 6.60. The van der Waals surface area contributed by atoms with Gasteiger partial charge in [-0.25, -0.2) is 26.3 Å². The number of nitrogens with one attached hydrogen (secondary N) is 2. The van der Waals surface area contributed by atoms with Crippen LogP contribution in [0.25, 0.3) is 0 Å². The number of sulfonamides is 2. The van der Waals surface area contributed by atoms with Crippen LogP contribution in [0.3, 0.4) is 0 Å². The lowest BCUT2D eigenvalue weighted by atomic mass is 9.92. The summed E-state index contributed by atoms with van der Waals surface area (Å²) in [6.45, 7) is 3.43. The lowest BCUT2D eigenvalue weighted by Crippen LogP contribution is -2.53. The van der Waals surface area contributed by atoms with Crippen molar-refractivity contribution in [1.29, 1.82) is 0 Å². The minimum Gasteiger partial charge on any atom is -0.507 e. The Labute approximate surface area is 177 Å². The number of hydrogen-bond acceptors (Lipinski definition) is 6. The number of phenols is 2. The van der Waals surface area contributed by atoms with E-state index in [1.165, 1.54) is 24.3 Å². The van der Waals surface area contributed by atoms with Crippen LogP contribution in [0.15, 0.2) is 46.2 Å². The second kappa shape index (κ2) is 8.54. The minimum atomic E-state index is -4.07. The van der Waals surface area contributed by atoms with Crippen molar-refractivity contribution >= 4 is 20.0 Å². The third-order valence-electron chi connectivity index (χ3n) is 5.19. The van der Waals surface area contributed by atoms with Crippen LogP contribution in [0.1, 0.15) is 36.8 Å². The van der Waals surface area contributed by atoms with Gasteiger partial charge in [0.25, 0.3) is 0 Å². The Hall–Kier alpha value is -2.14. The Morgan fingerprint density at radius 2 is 1.10 bits per heavy atom. The van der Waals surface area contributed by atoms with Crippen molar-refractivity contribution in [2.24, 2.45) is 0 Å². The molecule has 0 aromatic heterocycles. The standard InChI is InChI=1S/C20H26N2O6S2/c1-13-7-9-17(23)19(11-13)29(25,26)21-15-5-3-4-6-16(15)22-30(27,28)20-12-14(2)8-10-18(20)24/h7-12,15-16,21-24H,3-6H2,1-2H3/t15-,16-/m1/s1. The summed E-state index contributed by atoms with van der Waals surface area (Å²) in [4.78, 5) is -0.489. The van der Waals surface area contributed by atoms with Crippen molar-refractivity contribution in [2.75, 3.05) is 0 Å². The number of benzene rings is 2. The average Bonchev–Trinajstić information content (AvgIpc) is 2.66. The molecule has 1 aliphatic carbocycles. The lowest BCUT2D eigenvalue weighted by Gasteiger charge is -2.32. The highest BCUT2D eigenvalue weighted by atomic mass is 32.2. The molecule has 0 aliphatic heterocycles. The van der Waals surface area contributed by atoms with Gasteiger partial charge in [0.2, 0.25) is 20.0 Å². The van der Waals surface area contributed by atoms with Crippen molar-refractivity contribution in [2.45, 2.75) is 61.4 Å². The van der Waals surface area contributed by atoms with Crippen molar-refractivity contribution in [3.63, 3.8) is 0 Å². The molecule has 0 unspecified atom stereocenters. The first kappa shape index (κ1) is 22.5. The van der Waals surface area contributed by atoms with Crippen molar-refractivity contribution in [1.82, 2.24) is 9.44 Å². The van der Waals surface area contributed by atoms with E-state index in [-0.39, 0.29) is 21.3 Å². The average molecular weight is 455 g/mol. The number of hydrogen-bond donors (Lipinski definition) is 4. The Kier molecular flexibility index (Phi) is 6.42. The molecule has 0 bridgehead atoms. The molecule has 4 N–H and O–H groups in total. The Balaban J connectivity index is 1.86. The fourth-order valence-electron chi connectivity index (χ4n) is 3.61. The minimum absolute atomic E-state index is 0.244. The first-order chi connectivity index (χ1) is 14.0. The number of phenolic OH excluding ortho intramolecular Hbond substituents is 2. The van der Waals surface area contributed by atoms with Crippen molar-refractivity contribution in [3.8, 4) is 11.5 Å². The van der Waals surface area contributed by atoms with E-state index in [2.05, 4.69) is 9.44 Å². The summed E-state index contributed by atoms with van der Waals surface area (Å²) in [6.07, 6.45) is 2.36. The predicted octanol–water partition coefficient (Wildman–Crippen LogP) is 2.28. The van der Waals surface area contributed by atoms with Gasteiger partial charge < -0.3 is 10.2 Å². The molecule has 30 heavy (non-hydrogen) atoms. The molecule has 2 aromatic carbocycles. The van der Waals surface area contributed by atoms with Gasteiger partial charge in [0.1, 0.15) is 21.3 Å². The normalized spacial score (nSPS) is 20.2. The molecule has 1 aliphatic rings. The van der Waals surface area contributed by atoms with Gasteiger partial charge in [-0.1, -0.05) is 25.0 Å². The first-order valence-corrected chi connectivity index (χ1v) is 12.6. The third kappa shape index (κ3) is 4.94. The number of rotatable bonds is 6. The molecular formula is C20H26N2O6S2. The molecule has 3 rings (SSSR count). The van der Waals surface area contributed by atoms with Gasteiger partial charge in [-0.3, -0.25) is 0 Å². The highest BCUT2D eigenvalue weighted by molar-refractivity contribution is 7.90. The summed E-state index contributed by atoms with van der Waals surface area (Å²) in [5.74, 6) is -0.739. The van der Waals surface area contributed by atoms with Crippen LogP contribution in [-0.4, -0.2) is 39.1 Å². The van der Waals surface area contributed by atoms with Crippen LogP contribution >= 0.6 is 0 Å². The van der Waals surface area contributed by atoms with Gasteiger partial charge in [-0.05, 0) is 62.1 Å². The maximum Gasteiger partial charge on any atom is 0.244 e. The zero-order chi connectivity index (χ0) is 22.1. The van der Waals surface area contributed by atoms with Crippen LogP contribution in [0.4, 0.5) is 0 Å². The molecule has 0 heterocycles. The zero-order valence-corrected chi connectivity index (χ0v) is 18.4. The maximum atomic E-state index is 12.9. The van der Waals surface area contributed by atoms with E-state index in [0.29, 0.717) is 24.0 Å². The molecular weight excluding hydrogens is 428 g/mol. The topological polar surface area (TPSA) is 133 Å². The van der Waals surface area contributed by atoms with Gasteiger partial charge in [-0.2, -0.15) is 0 Å². The second-order valence-corrected chi connectivity index (χ2v) is 11.0. The van der Waals surface area contributed by atoms with Crippen LogP contribution < -0.4 is 9.44 Å². The van der Waals surface area contributed by atoms with Crippen LogP contribution in [-0.2, 0) is 20.0 Å². The van der Waals surface area contributed by atoms with Gasteiger partial charge in [0, 0.05) is 12.1 Å². The lowest BCUT2D eigenvalue weighted by molar-refractivity contribution is 0.339. The Bertz CT molecular complexity index is 1050. The third-order valence-corrected chi connectivity index (χ3v) is 8.23. The largest absolute Gasteiger partial charge is 0.507 e. The molecule has 0 spiro atoms. The van der Waals surface area contributed by atoms with Crippen LogP contribution in [0.5, 0.6) is 11.5 Å². The van der Waals surface area contributed by atoms with E-state index in [1.54, 1.807) is 26.0 Å². The molecule has 0 amide bonds. The quantitative estimate of drug-likeness (QED) is 0.529. The molecule has 2 atom stereocenters. The first-order valence-electron chi connectivity index (χ1n) is 9.63. The van der Waals surface area contributed by atoms with Crippen molar-refractivity contribution < 1.29 is 27.0 Å². The second-order valence-electron chi connectivity index (χ2n) is 7.68. The summed E-state index contributed by atoms with van der Waals surface area (Å²) < 4.78 is 56.6. The predicted molar refractivity (Wildman–Crippen MR) is 112 cm³/mol. The summed E-state index contributed by atoms with van der Waals surface area (Å²) in [5, 5.41) is 20.0. The Morgan fingerprint density at radius 1 is 0.733 bits per heavy atom. The van der Waals surface area contributed by atoms with E-state index >= 15 is 0 Å². The summed E-state index contributed by atoms with van der Waals surface area (Å²) in [7, 11) is -8.13. The molecule has 1 saturated carbocycles. The molecule has 8 nitrogen and oxygen atoms in total. The van der Waals surface area contributed by atoms with Gasteiger partial charge in [0.15, 0.2) is 0 Å². The molecule has 10 heteroatoms. The molecule has 164 valence electrons. The molecule has 0 radical (unpaired) electrons. The van der Waals surface area contributed by atoms with E-state index < -0.39 is 32.1 Å². The van der Waals surface area contributed by atoms with E-state index in [1.807, 2.05) is 0 Å². The summed E-state index contributed by atoms with van der Waals surface area (Å²) in [6, 6.07) is 7.17. The van der Waals surface area contributed by atoms with Crippen LogP contribution in [0, 0.1) is 13.8 Å². The van der Waals surface area contributed by atoms with Gasteiger partial charge >= 0.3 is 0 Å². The highest BCUT2D eigenvalue weighted by Gasteiger charge is 2.34. The molecule has 2 aromatic rings. The van der Waals surface area contributed by atoms with Gasteiger partial charge in [-0.15, -0.1) is 0 Å². The monoisotopic (exact) mass is 454 g/mol. The summed E-state index contributed by atoms with van der Waals surface area (Å²) in [5.41, 5.74) is 1.34. The number of aryl methyl sites for hydroxylation is 2. The van der Waals surface area contributed by atoms with E-state index in [4.69, 9.17) is 0 Å². The van der Waals surface area contributed by atoms with E-state index in [0.717, 1.165) is 12.8 Å². The molecule has 0 saturated heterocycles. The Morgan fingerprint density at radius 3 is 1.47 bits per heavy atom. The smallest absolute Gasteiger partial charge is 0.244 e. The summed E-state index contributed by atoms with van der Waals surface area (Å²) >= 11 is 0. The fraction of sp³-hybridized carbons (Fsp3) is 0.400. The number of aromatic hydroxyl groups is 2. The van der Waals surface area contributed by atoms with Gasteiger partial charge in [0.05, 0.1) is 0 Å². The SMILES string of the molecule is Cc1ccc(O)c(S(=O)(=O)N[C@@H]2CCCC[C@H]2NS(=O)(=O)c2cc(C)ccc2O)c1. The maximum absolute atomic E-state index is 12.9. The highest BCUT2D eigenvalue weighted by Crippen LogP contribution is 2.28. The van der Waals surface area contributed by atoms with Crippen molar-refractivity contribution in [3.05, 3.63) is 47.5 Å². The van der Waals surface area contributed by atoms with Crippen LogP contribution in [0.2, 0.25) is 0 Å².